The summed E-state index contributed by atoms with van der Waals surface area (Å²) in [5.74, 6) is 3.77. The van der Waals surface area contributed by atoms with E-state index in [1.165, 1.54) is 51.4 Å². The van der Waals surface area contributed by atoms with Crippen LogP contribution in [0.2, 0.25) is 15.3 Å². The molecule has 0 radical (unpaired) electrons. The Balaban J connectivity index is 0.000000386. The van der Waals surface area contributed by atoms with E-state index in [9.17, 15) is 5.11 Å². The molecule has 0 bridgehead atoms. The summed E-state index contributed by atoms with van der Waals surface area (Å²) >= 11 is 18.5. The van der Waals surface area contributed by atoms with E-state index in [2.05, 4.69) is 56.4 Å². The average Bonchev–Trinajstić information content (AvgIpc) is 3.70. The molecule has 4 aromatic rings. The van der Waals surface area contributed by atoms with Crippen LogP contribution in [0, 0.1) is 0 Å². The predicted octanol–water partition coefficient (Wildman–Crippen LogP) is 11.7. The fraction of sp³-hybridized carbons (Fsp3) is 0.625. The Morgan fingerprint density at radius 3 is 1.36 bits per heavy atom. The largest absolute Gasteiger partial charge is 0.495 e. The maximum Gasteiger partial charge on any atom is 0.233 e. The third kappa shape index (κ3) is 19.7. The molecule has 4 aliphatic rings. The van der Waals surface area contributed by atoms with Gasteiger partial charge in [-0.25, -0.2) is 0 Å². The molecule has 2 saturated heterocycles. The van der Waals surface area contributed by atoms with Crippen molar-refractivity contribution in [3.63, 3.8) is 0 Å². The molecule has 0 amide bonds. The SMILES string of the molecule is C.C.C.C.COc1ccc(Nc2nc(Cl)nc(NC3CCCCCC3)n2)cc1Cl.COc1ccc(Nc2nc(NC3CCCCCC3)nc(N3CCC(O)CC3)n2)cc1Cl.OC1CCNCC1. The van der Waals surface area contributed by atoms with E-state index < -0.39 is 0 Å². The highest BCUT2D eigenvalue weighted by Crippen LogP contribution is 2.31. The summed E-state index contributed by atoms with van der Waals surface area (Å²) < 4.78 is 10.4. The van der Waals surface area contributed by atoms with Crippen LogP contribution in [0.5, 0.6) is 11.5 Å². The number of piperidine rings is 2. The molecule has 7 N–H and O–H groups in total. The summed E-state index contributed by atoms with van der Waals surface area (Å²) in [6.45, 7) is 3.42. The maximum absolute atomic E-state index is 9.86. The number of benzene rings is 2. The van der Waals surface area contributed by atoms with E-state index in [-0.39, 0.29) is 47.2 Å². The molecule has 2 aromatic heterocycles. The highest BCUT2D eigenvalue weighted by molar-refractivity contribution is 6.32. The third-order valence-electron chi connectivity index (χ3n) is 11.5. The predicted molar refractivity (Wildman–Crippen MR) is 280 cm³/mol. The summed E-state index contributed by atoms with van der Waals surface area (Å²) in [4.78, 5) is 28.9. The third-order valence-corrected chi connectivity index (χ3v) is 12.2. The number of aliphatic hydroxyl groups is 2. The Labute approximate surface area is 415 Å². The smallest absolute Gasteiger partial charge is 0.233 e. The van der Waals surface area contributed by atoms with Gasteiger partial charge in [0.2, 0.25) is 35.0 Å². The van der Waals surface area contributed by atoms with Crippen molar-refractivity contribution in [2.45, 2.75) is 157 Å². The van der Waals surface area contributed by atoms with Crippen LogP contribution in [0.3, 0.4) is 0 Å². The molecule has 67 heavy (non-hydrogen) atoms. The lowest BCUT2D eigenvalue weighted by molar-refractivity contribution is 0.137. The number of methoxy groups -OCH3 is 2. The van der Waals surface area contributed by atoms with Gasteiger partial charge in [-0.15, -0.1) is 0 Å². The zero-order valence-electron chi connectivity index (χ0n) is 36.4. The van der Waals surface area contributed by atoms with Crippen LogP contribution in [-0.2, 0) is 0 Å². The average molecular weight is 995 g/mol. The number of halogens is 3. The molecular formula is C48H79Cl3N12O4. The molecule has 0 atom stereocenters. The number of rotatable bonds is 11. The molecule has 0 spiro atoms. The maximum atomic E-state index is 9.86. The van der Waals surface area contributed by atoms with Gasteiger partial charge < -0.3 is 51.2 Å². The second-order valence-corrected chi connectivity index (χ2v) is 17.5. The van der Waals surface area contributed by atoms with E-state index in [0.717, 1.165) is 76.1 Å². The van der Waals surface area contributed by atoms with Gasteiger partial charge in [-0.1, -0.05) is 104 Å². The minimum atomic E-state index is -0.249. The topological polar surface area (TPSA) is 200 Å². The van der Waals surface area contributed by atoms with Crippen LogP contribution in [0.4, 0.5) is 41.1 Å². The van der Waals surface area contributed by atoms with Crippen LogP contribution in [0.15, 0.2) is 36.4 Å². The van der Waals surface area contributed by atoms with Crippen molar-refractivity contribution in [2.75, 3.05) is 66.6 Å². The van der Waals surface area contributed by atoms with Crippen molar-refractivity contribution in [3.05, 3.63) is 51.7 Å². The first kappa shape index (κ1) is 58.9. The normalized spacial score (nSPS) is 17.0. The van der Waals surface area contributed by atoms with E-state index in [1.54, 1.807) is 32.4 Å². The Bertz CT molecular complexity index is 1990. The molecule has 2 aliphatic heterocycles. The van der Waals surface area contributed by atoms with Gasteiger partial charge in [-0.3, -0.25) is 0 Å². The van der Waals surface area contributed by atoms with Crippen LogP contribution >= 0.6 is 34.8 Å². The van der Waals surface area contributed by atoms with Gasteiger partial charge in [0.15, 0.2) is 0 Å². The number of hydrogen-bond acceptors (Lipinski definition) is 16. The van der Waals surface area contributed by atoms with Gasteiger partial charge in [-0.2, -0.15) is 29.9 Å². The summed E-state index contributed by atoms with van der Waals surface area (Å²) in [5.41, 5.74) is 1.52. The quantitative estimate of drug-likeness (QED) is 0.0699. The molecule has 2 aliphatic carbocycles. The lowest BCUT2D eigenvalue weighted by Crippen LogP contribution is -2.37. The first-order valence-corrected chi connectivity index (χ1v) is 23.5. The Kier molecular flexibility index (Phi) is 27.3. The molecular weight excluding hydrogens is 915 g/mol. The number of aliphatic hydroxyl groups excluding tert-OH is 2. The molecule has 2 saturated carbocycles. The molecule has 4 heterocycles. The lowest BCUT2D eigenvalue weighted by atomic mass is 10.1. The number of nitrogens with one attached hydrogen (secondary N) is 5. The van der Waals surface area contributed by atoms with Crippen LogP contribution in [-0.4, -0.2) is 105 Å². The zero-order valence-corrected chi connectivity index (χ0v) is 38.7. The van der Waals surface area contributed by atoms with E-state index in [4.69, 9.17) is 54.4 Å². The number of aromatic nitrogens is 6. The fourth-order valence-electron chi connectivity index (χ4n) is 7.93. The summed E-state index contributed by atoms with van der Waals surface area (Å²) in [7, 11) is 3.17. The Morgan fingerprint density at radius 1 is 0.537 bits per heavy atom. The van der Waals surface area contributed by atoms with Gasteiger partial charge in [0, 0.05) is 36.5 Å². The number of nitrogens with zero attached hydrogens (tertiary/aromatic N) is 7. The van der Waals surface area contributed by atoms with E-state index in [1.807, 2.05) is 18.2 Å². The number of anilines is 7. The zero-order chi connectivity index (χ0) is 44.4. The van der Waals surface area contributed by atoms with Crippen molar-refractivity contribution in [1.29, 1.82) is 0 Å². The van der Waals surface area contributed by atoms with Gasteiger partial charge >= 0.3 is 0 Å². The Morgan fingerprint density at radius 2 is 0.940 bits per heavy atom. The van der Waals surface area contributed by atoms with Gasteiger partial charge in [-0.05, 0) is 112 Å². The summed E-state index contributed by atoms with van der Waals surface area (Å²) in [6, 6.07) is 11.6. The van der Waals surface area contributed by atoms with Gasteiger partial charge in [0.05, 0.1) is 36.5 Å². The van der Waals surface area contributed by atoms with Crippen molar-refractivity contribution >= 4 is 75.9 Å². The minimum Gasteiger partial charge on any atom is -0.495 e. The molecule has 376 valence electrons. The highest BCUT2D eigenvalue weighted by atomic mass is 35.5. The second kappa shape index (κ2) is 31.0. The molecule has 8 rings (SSSR count). The van der Waals surface area contributed by atoms with Crippen molar-refractivity contribution in [3.8, 4) is 11.5 Å². The van der Waals surface area contributed by atoms with Crippen LogP contribution < -0.4 is 41.0 Å². The first-order valence-electron chi connectivity index (χ1n) is 22.4. The molecule has 19 heteroatoms. The fourth-order valence-corrected chi connectivity index (χ4v) is 8.60. The second-order valence-electron chi connectivity index (χ2n) is 16.3. The minimum absolute atomic E-state index is 0. The van der Waals surface area contributed by atoms with Gasteiger partial charge in [0.25, 0.3) is 0 Å². The summed E-state index contributed by atoms with van der Waals surface area (Å²) in [6.07, 6.45) is 17.6. The lowest BCUT2D eigenvalue weighted by Gasteiger charge is -2.30. The van der Waals surface area contributed by atoms with Crippen molar-refractivity contribution in [2.24, 2.45) is 0 Å². The van der Waals surface area contributed by atoms with Gasteiger partial charge in [0.1, 0.15) is 11.5 Å². The molecule has 2 aromatic carbocycles. The first-order chi connectivity index (χ1) is 30.6. The molecule has 16 nitrogen and oxygen atoms in total. The highest BCUT2D eigenvalue weighted by Gasteiger charge is 2.22. The monoisotopic (exact) mass is 993 g/mol. The van der Waals surface area contributed by atoms with Crippen molar-refractivity contribution < 1.29 is 19.7 Å². The Hall–Kier alpha value is -4.19. The molecule has 4 fully saturated rings. The van der Waals surface area contributed by atoms with E-state index >= 15 is 0 Å². The molecule has 0 unspecified atom stereocenters. The summed E-state index contributed by atoms with van der Waals surface area (Å²) in [5, 5.41) is 36.3. The number of hydrogen-bond donors (Lipinski definition) is 7. The van der Waals surface area contributed by atoms with Crippen LogP contribution in [0.1, 0.15) is 132 Å². The van der Waals surface area contributed by atoms with Crippen LogP contribution in [0.25, 0.3) is 0 Å². The van der Waals surface area contributed by atoms with Crippen molar-refractivity contribution in [1.82, 2.24) is 35.2 Å². The standard InChI is InChI=1S/C22H31ClN6O2.C17H21Cl2N5O.C5H11NO.4CH4/c1-31-19-9-8-16(14-18(19)23)25-21-26-20(24-15-6-4-2-3-5-7-15)27-22(28-21)29-12-10-17(30)11-13-29;1-25-14-9-8-12(10-13(14)18)21-17-23-15(19)22-16(24-17)20-11-6-4-2-3-5-7-11;7-5-1-3-6-4-2-5;;;;/h8-9,14-15,17,30H,2-7,10-13H2,1H3,(H2,24,25,26,27,28);8-11H,2-7H2,1H3,(H2,20,21,22,23,24);5-7H,1-4H2;4*1H4. The number of ether oxygens (including phenoxy) is 2. The van der Waals surface area contributed by atoms with E-state index in [0.29, 0.717) is 76.2 Å².